The lowest BCUT2D eigenvalue weighted by Crippen LogP contribution is -2.33. The van der Waals surface area contributed by atoms with Crippen molar-refractivity contribution in [2.75, 3.05) is 0 Å². The molecule has 1 aliphatic rings. The van der Waals surface area contributed by atoms with Crippen molar-refractivity contribution in [3.05, 3.63) is 0 Å². The Hall–Kier alpha value is -0.0151. The van der Waals surface area contributed by atoms with E-state index >= 15 is 0 Å². The first-order valence-corrected chi connectivity index (χ1v) is 4.22. The summed E-state index contributed by atoms with van der Waals surface area (Å²) >= 11 is 0. The zero-order valence-corrected chi connectivity index (χ0v) is 8.05. The third-order valence-corrected chi connectivity index (χ3v) is 2.02. The summed E-state index contributed by atoms with van der Waals surface area (Å²) in [6.45, 7) is 10.5. The molecule has 64 valence electrons. The minimum Gasteiger partial charge on any atom is -0.406 e. The van der Waals surface area contributed by atoms with Gasteiger partial charge in [0.05, 0.1) is 12.2 Å². The standard InChI is InChI=1S/C8H17BO2/c1-6-7(8(2,3)4)11-9(5)10-6/h6-7H,1-5H3. The highest BCUT2D eigenvalue weighted by Crippen LogP contribution is 2.31. The zero-order chi connectivity index (χ0) is 8.65. The maximum Gasteiger partial charge on any atom is 0.454 e. The Morgan fingerprint density at radius 2 is 1.73 bits per heavy atom. The molecule has 0 aromatic carbocycles. The first-order chi connectivity index (χ1) is 4.91. The molecule has 1 heterocycles. The highest BCUT2D eigenvalue weighted by Gasteiger charge is 2.40. The van der Waals surface area contributed by atoms with Crippen LogP contribution in [0.5, 0.6) is 0 Å². The molecule has 1 fully saturated rings. The fraction of sp³-hybridized carbons (Fsp3) is 1.00. The summed E-state index contributed by atoms with van der Waals surface area (Å²) in [7, 11) is -0.0331. The maximum atomic E-state index is 5.62. The lowest BCUT2D eigenvalue weighted by atomic mass is 9.86. The van der Waals surface area contributed by atoms with Crippen molar-refractivity contribution in [2.45, 2.75) is 46.7 Å². The second-order valence-corrected chi connectivity index (χ2v) is 4.33. The Balaban J connectivity index is 2.60. The van der Waals surface area contributed by atoms with E-state index in [-0.39, 0.29) is 24.7 Å². The summed E-state index contributed by atoms with van der Waals surface area (Å²) in [6, 6.07) is 0. The van der Waals surface area contributed by atoms with E-state index in [0.717, 1.165) is 0 Å². The molecule has 0 amide bonds. The van der Waals surface area contributed by atoms with E-state index in [1.54, 1.807) is 0 Å². The summed E-state index contributed by atoms with van der Waals surface area (Å²) in [5.41, 5.74) is 0.185. The molecule has 2 nitrogen and oxygen atoms in total. The molecule has 0 N–H and O–H groups in total. The topological polar surface area (TPSA) is 18.5 Å². The molecule has 2 unspecified atom stereocenters. The molecular weight excluding hydrogens is 139 g/mol. The van der Waals surface area contributed by atoms with Gasteiger partial charge in [0.25, 0.3) is 0 Å². The van der Waals surface area contributed by atoms with Crippen molar-refractivity contribution >= 4 is 7.12 Å². The molecule has 0 saturated carbocycles. The summed E-state index contributed by atoms with van der Waals surface area (Å²) < 4.78 is 11.1. The lowest BCUT2D eigenvalue weighted by molar-refractivity contribution is 0.0672. The summed E-state index contributed by atoms with van der Waals surface area (Å²) in [4.78, 5) is 0. The van der Waals surface area contributed by atoms with Crippen molar-refractivity contribution in [3.63, 3.8) is 0 Å². The van der Waals surface area contributed by atoms with Gasteiger partial charge in [0.15, 0.2) is 0 Å². The van der Waals surface area contributed by atoms with Crippen molar-refractivity contribution in [3.8, 4) is 0 Å². The Kier molecular flexibility index (Phi) is 2.31. The van der Waals surface area contributed by atoms with Crippen molar-refractivity contribution < 1.29 is 9.31 Å². The largest absolute Gasteiger partial charge is 0.454 e. The van der Waals surface area contributed by atoms with Crippen LogP contribution in [0.2, 0.25) is 6.82 Å². The van der Waals surface area contributed by atoms with Crippen molar-refractivity contribution in [2.24, 2.45) is 5.41 Å². The van der Waals surface area contributed by atoms with Gasteiger partial charge < -0.3 is 9.31 Å². The van der Waals surface area contributed by atoms with E-state index in [9.17, 15) is 0 Å². The van der Waals surface area contributed by atoms with Crippen LogP contribution in [0.1, 0.15) is 27.7 Å². The van der Waals surface area contributed by atoms with Crippen LogP contribution in [-0.4, -0.2) is 19.3 Å². The first kappa shape index (κ1) is 9.08. The van der Waals surface area contributed by atoms with Crippen LogP contribution < -0.4 is 0 Å². The van der Waals surface area contributed by atoms with E-state index in [1.807, 2.05) is 6.82 Å². The van der Waals surface area contributed by atoms with Crippen LogP contribution in [-0.2, 0) is 9.31 Å². The Morgan fingerprint density at radius 1 is 1.18 bits per heavy atom. The van der Waals surface area contributed by atoms with Gasteiger partial charge in [-0.05, 0) is 19.2 Å². The van der Waals surface area contributed by atoms with Gasteiger partial charge in [0.2, 0.25) is 0 Å². The molecule has 2 atom stereocenters. The van der Waals surface area contributed by atoms with Crippen LogP contribution in [0.25, 0.3) is 0 Å². The van der Waals surface area contributed by atoms with E-state index in [4.69, 9.17) is 9.31 Å². The average Bonchev–Trinajstić information content (AvgIpc) is 2.08. The van der Waals surface area contributed by atoms with Crippen LogP contribution >= 0.6 is 0 Å². The molecule has 0 bridgehead atoms. The SMILES string of the molecule is CB1OC(C)C(C(C)(C)C)O1. The van der Waals surface area contributed by atoms with Gasteiger partial charge in [-0.15, -0.1) is 0 Å². The average molecular weight is 156 g/mol. The predicted molar refractivity (Wildman–Crippen MR) is 46.5 cm³/mol. The third kappa shape index (κ3) is 1.97. The van der Waals surface area contributed by atoms with Crippen LogP contribution in [0, 0.1) is 5.41 Å². The van der Waals surface area contributed by atoms with Crippen LogP contribution in [0.4, 0.5) is 0 Å². The van der Waals surface area contributed by atoms with Gasteiger partial charge in [-0.3, -0.25) is 0 Å². The third-order valence-electron chi connectivity index (χ3n) is 2.02. The smallest absolute Gasteiger partial charge is 0.406 e. The number of hydrogen-bond donors (Lipinski definition) is 0. The van der Waals surface area contributed by atoms with Gasteiger partial charge in [0.1, 0.15) is 0 Å². The van der Waals surface area contributed by atoms with E-state index < -0.39 is 0 Å². The second-order valence-electron chi connectivity index (χ2n) is 4.33. The molecule has 0 aromatic rings. The monoisotopic (exact) mass is 156 g/mol. The lowest BCUT2D eigenvalue weighted by Gasteiger charge is -2.28. The van der Waals surface area contributed by atoms with Crippen LogP contribution in [0.15, 0.2) is 0 Å². The van der Waals surface area contributed by atoms with Crippen molar-refractivity contribution in [1.29, 1.82) is 0 Å². The first-order valence-electron chi connectivity index (χ1n) is 4.22. The van der Waals surface area contributed by atoms with Gasteiger partial charge in [-0.1, -0.05) is 20.8 Å². The molecular formula is C8H17BO2. The predicted octanol–water partition coefficient (Wildman–Crippen LogP) is 1.95. The summed E-state index contributed by atoms with van der Waals surface area (Å²) in [6.07, 6.45) is 0.461. The van der Waals surface area contributed by atoms with E-state index in [2.05, 4.69) is 27.7 Å². The Labute approximate surface area is 69.4 Å². The summed E-state index contributed by atoms with van der Waals surface area (Å²) in [5.74, 6) is 0. The highest BCUT2D eigenvalue weighted by atomic mass is 16.7. The minimum atomic E-state index is -0.0331. The van der Waals surface area contributed by atoms with E-state index in [1.165, 1.54) is 0 Å². The Bertz CT molecular complexity index is 142. The van der Waals surface area contributed by atoms with E-state index in [0.29, 0.717) is 0 Å². The fourth-order valence-electron chi connectivity index (χ4n) is 1.63. The van der Waals surface area contributed by atoms with Gasteiger partial charge in [-0.25, -0.2) is 0 Å². The van der Waals surface area contributed by atoms with Gasteiger partial charge >= 0.3 is 7.12 Å². The second kappa shape index (κ2) is 2.79. The molecule has 0 spiro atoms. The van der Waals surface area contributed by atoms with Crippen molar-refractivity contribution in [1.82, 2.24) is 0 Å². The normalized spacial score (nSPS) is 33.0. The summed E-state index contributed by atoms with van der Waals surface area (Å²) in [5, 5.41) is 0. The molecule has 0 radical (unpaired) electrons. The highest BCUT2D eigenvalue weighted by molar-refractivity contribution is 6.43. The molecule has 1 rings (SSSR count). The fourth-order valence-corrected chi connectivity index (χ4v) is 1.63. The molecule has 1 aliphatic heterocycles. The molecule has 0 aromatic heterocycles. The molecule has 1 saturated heterocycles. The van der Waals surface area contributed by atoms with Gasteiger partial charge in [-0.2, -0.15) is 0 Å². The minimum absolute atomic E-state index is 0.0331. The number of hydrogen-bond acceptors (Lipinski definition) is 2. The van der Waals surface area contributed by atoms with Gasteiger partial charge in [0, 0.05) is 0 Å². The molecule has 3 heteroatoms. The molecule has 0 aliphatic carbocycles. The van der Waals surface area contributed by atoms with Crippen LogP contribution in [0.3, 0.4) is 0 Å². The quantitative estimate of drug-likeness (QED) is 0.499. The Morgan fingerprint density at radius 3 is 1.91 bits per heavy atom. The zero-order valence-electron chi connectivity index (χ0n) is 8.05. The molecule has 11 heavy (non-hydrogen) atoms. The maximum absolute atomic E-state index is 5.62. The number of rotatable bonds is 0.